The first-order valence-corrected chi connectivity index (χ1v) is 17.1. The molecule has 210 valence electrons. The summed E-state index contributed by atoms with van der Waals surface area (Å²) in [6.45, 7) is 6.64. The second-order valence-corrected chi connectivity index (χ2v) is 14.8. The van der Waals surface area contributed by atoms with E-state index in [0.717, 1.165) is 53.3 Å². The summed E-state index contributed by atoms with van der Waals surface area (Å²) in [7, 11) is -3.48. The number of hydrogen-bond acceptors (Lipinski definition) is 6. The molecule has 2 aromatic carbocycles. The standard InChI is InChI=1S/C28H33Br2ClN4O3S/c1-2-39(37,38)25-9-8-20(31)14-19(25)16-35-18-32-27-22(28(35)36)15-24(29)23(26(27)30)17-33-10-12-34(13-11-33)21-6-4-3-5-7-21/h8-9,14-15,18,21H,2-7,10-13,16-17H2,1H3. The number of halogens is 3. The molecule has 1 aliphatic heterocycles. The highest BCUT2D eigenvalue weighted by Gasteiger charge is 2.26. The van der Waals surface area contributed by atoms with Crippen molar-refractivity contribution in [1.29, 1.82) is 0 Å². The van der Waals surface area contributed by atoms with Gasteiger partial charge in [0.15, 0.2) is 9.84 Å². The SMILES string of the molecule is CCS(=O)(=O)c1ccc(Cl)cc1Cn1cnc2c(Br)c(CN3CCN(C4CCCCC4)CC3)c(Br)cc2c1=O. The van der Waals surface area contributed by atoms with Gasteiger partial charge < -0.3 is 0 Å². The zero-order valence-corrected chi connectivity index (χ0v) is 26.7. The Labute approximate surface area is 251 Å². The molecule has 1 aliphatic carbocycles. The van der Waals surface area contributed by atoms with Crippen molar-refractivity contribution in [2.75, 3.05) is 31.9 Å². The van der Waals surface area contributed by atoms with E-state index in [1.165, 1.54) is 49.1 Å². The largest absolute Gasteiger partial charge is 0.298 e. The van der Waals surface area contributed by atoms with Gasteiger partial charge in [-0.2, -0.15) is 0 Å². The van der Waals surface area contributed by atoms with Gasteiger partial charge in [0.25, 0.3) is 5.56 Å². The molecule has 1 aromatic heterocycles. The van der Waals surface area contributed by atoms with Crippen LogP contribution in [0.4, 0.5) is 0 Å². The van der Waals surface area contributed by atoms with Crippen molar-refractivity contribution >= 4 is 64.2 Å². The summed E-state index contributed by atoms with van der Waals surface area (Å²) in [5, 5.41) is 0.876. The minimum Gasteiger partial charge on any atom is -0.298 e. The van der Waals surface area contributed by atoms with E-state index in [0.29, 0.717) is 21.5 Å². The molecule has 3 aromatic rings. The average Bonchev–Trinajstić information content (AvgIpc) is 2.93. The summed E-state index contributed by atoms with van der Waals surface area (Å²) in [5.41, 5.74) is 1.90. The van der Waals surface area contributed by atoms with Crippen molar-refractivity contribution in [2.24, 2.45) is 0 Å². The van der Waals surface area contributed by atoms with Crippen molar-refractivity contribution in [2.45, 2.75) is 63.1 Å². The Morgan fingerprint density at radius 2 is 1.74 bits per heavy atom. The Morgan fingerprint density at radius 1 is 1.03 bits per heavy atom. The number of benzene rings is 2. The third-order valence-electron chi connectivity index (χ3n) is 8.06. The van der Waals surface area contributed by atoms with Gasteiger partial charge in [-0.25, -0.2) is 13.4 Å². The molecule has 5 rings (SSSR count). The lowest BCUT2D eigenvalue weighted by Gasteiger charge is -2.41. The van der Waals surface area contributed by atoms with Gasteiger partial charge in [0.05, 0.1) is 34.4 Å². The molecular formula is C28H33Br2ClN4O3S. The van der Waals surface area contributed by atoms with Gasteiger partial charge in [-0.1, -0.05) is 53.7 Å². The van der Waals surface area contributed by atoms with E-state index in [1.807, 2.05) is 6.07 Å². The van der Waals surface area contributed by atoms with Gasteiger partial charge >= 0.3 is 0 Å². The van der Waals surface area contributed by atoms with Crippen LogP contribution in [0.3, 0.4) is 0 Å². The Morgan fingerprint density at radius 3 is 2.44 bits per heavy atom. The maximum absolute atomic E-state index is 13.5. The molecular weight excluding hydrogens is 668 g/mol. The highest BCUT2D eigenvalue weighted by molar-refractivity contribution is 9.11. The van der Waals surface area contributed by atoms with Crippen LogP contribution in [0, 0.1) is 0 Å². The van der Waals surface area contributed by atoms with Crippen molar-refractivity contribution < 1.29 is 8.42 Å². The number of hydrogen-bond donors (Lipinski definition) is 0. The summed E-state index contributed by atoms with van der Waals surface area (Å²) in [4.78, 5) is 23.5. The summed E-state index contributed by atoms with van der Waals surface area (Å²) < 4.78 is 28.4. The number of rotatable bonds is 7. The van der Waals surface area contributed by atoms with Crippen molar-refractivity contribution in [3.8, 4) is 0 Å². The molecule has 2 heterocycles. The lowest BCUT2D eigenvalue weighted by Crippen LogP contribution is -2.50. The van der Waals surface area contributed by atoms with E-state index in [4.69, 9.17) is 11.6 Å². The highest BCUT2D eigenvalue weighted by atomic mass is 79.9. The maximum Gasteiger partial charge on any atom is 0.261 e. The predicted octanol–water partition coefficient (Wildman–Crippen LogP) is 5.87. The van der Waals surface area contributed by atoms with Gasteiger partial charge in [-0.15, -0.1) is 0 Å². The van der Waals surface area contributed by atoms with Crippen molar-refractivity contribution in [1.82, 2.24) is 19.4 Å². The molecule has 0 atom stereocenters. The normalized spacial score (nSPS) is 18.2. The van der Waals surface area contributed by atoms with Crippen LogP contribution >= 0.6 is 43.5 Å². The molecule has 0 bridgehead atoms. The van der Waals surface area contributed by atoms with Gasteiger partial charge in [-0.3, -0.25) is 19.2 Å². The minimum absolute atomic E-state index is 0.0369. The third kappa shape index (κ3) is 6.31. The van der Waals surface area contributed by atoms with Gasteiger partial charge in [0.2, 0.25) is 0 Å². The first-order chi connectivity index (χ1) is 18.7. The molecule has 0 N–H and O–H groups in total. The smallest absolute Gasteiger partial charge is 0.261 e. The van der Waals surface area contributed by atoms with Crippen LogP contribution in [0.2, 0.25) is 5.02 Å². The van der Waals surface area contributed by atoms with Crippen molar-refractivity contribution in [3.63, 3.8) is 0 Å². The molecule has 1 saturated heterocycles. The van der Waals surface area contributed by atoms with E-state index in [9.17, 15) is 13.2 Å². The fourth-order valence-corrected chi connectivity index (χ4v) is 8.58. The summed E-state index contributed by atoms with van der Waals surface area (Å²) in [5.74, 6) is -0.0369. The van der Waals surface area contributed by atoms with E-state index >= 15 is 0 Å². The lowest BCUT2D eigenvalue weighted by molar-refractivity contribution is 0.0753. The Bertz CT molecular complexity index is 1530. The minimum atomic E-state index is -3.48. The number of nitrogens with zero attached hydrogens (tertiary/aromatic N) is 4. The molecule has 1 saturated carbocycles. The fourth-order valence-electron chi connectivity index (χ4n) is 5.80. The van der Waals surface area contributed by atoms with Crippen LogP contribution in [0.25, 0.3) is 10.9 Å². The number of aromatic nitrogens is 2. The molecule has 7 nitrogen and oxygen atoms in total. The van der Waals surface area contributed by atoms with Crippen LogP contribution in [-0.4, -0.2) is 65.7 Å². The quantitative estimate of drug-likeness (QED) is 0.307. The van der Waals surface area contributed by atoms with Crippen LogP contribution < -0.4 is 5.56 Å². The number of piperazine rings is 1. The van der Waals surface area contributed by atoms with Crippen LogP contribution in [0.15, 0.2) is 49.2 Å². The first-order valence-electron chi connectivity index (χ1n) is 13.5. The first kappa shape index (κ1) is 29.2. The summed E-state index contributed by atoms with van der Waals surface area (Å²) in [6.07, 6.45) is 8.24. The van der Waals surface area contributed by atoms with Gasteiger partial charge in [0.1, 0.15) is 0 Å². The third-order valence-corrected chi connectivity index (χ3v) is 11.7. The zero-order chi connectivity index (χ0) is 27.7. The van der Waals surface area contributed by atoms with E-state index in [2.05, 4.69) is 46.6 Å². The monoisotopic (exact) mass is 698 g/mol. The molecule has 0 amide bonds. The fraction of sp³-hybridized carbons (Fsp3) is 0.500. The van der Waals surface area contributed by atoms with E-state index in [1.54, 1.807) is 19.1 Å². The topological polar surface area (TPSA) is 75.5 Å². The number of fused-ring (bicyclic) bond motifs is 1. The molecule has 2 fully saturated rings. The van der Waals surface area contributed by atoms with Crippen LogP contribution in [-0.2, 0) is 22.9 Å². The van der Waals surface area contributed by atoms with Crippen LogP contribution in [0.1, 0.15) is 50.2 Å². The van der Waals surface area contributed by atoms with E-state index < -0.39 is 9.84 Å². The van der Waals surface area contributed by atoms with E-state index in [-0.39, 0.29) is 22.8 Å². The zero-order valence-electron chi connectivity index (χ0n) is 22.0. The second-order valence-electron chi connectivity index (χ2n) is 10.5. The molecule has 0 spiro atoms. The lowest BCUT2D eigenvalue weighted by atomic mass is 9.94. The summed E-state index contributed by atoms with van der Waals surface area (Å²) in [6, 6.07) is 7.24. The molecule has 0 unspecified atom stereocenters. The highest BCUT2D eigenvalue weighted by Crippen LogP contribution is 2.33. The summed E-state index contributed by atoms with van der Waals surface area (Å²) >= 11 is 13.6. The second kappa shape index (κ2) is 12.3. The molecule has 11 heteroatoms. The Hall–Kier alpha value is -1.30. The Balaban J connectivity index is 1.38. The molecule has 2 aliphatic rings. The van der Waals surface area contributed by atoms with Crippen molar-refractivity contribution in [3.05, 3.63) is 66.0 Å². The molecule has 39 heavy (non-hydrogen) atoms. The number of sulfone groups is 1. The predicted molar refractivity (Wildman–Crippen MR) is 163 cm³/mol. The van der Waals surface area contributed by atoms with Gasteiger partial charge in [-0.05, 0) is 64.2 Å². The maximum atomic E-state index is 13.5. The van der Waals surface area contributed by atoms with Gasteiger partial charge in [0, 0.05) is 52.7 Å². The van der Waals surface area contributed by atoms with Crippen LogP contribution in [0.5, 0.6) is 0 Å². The average molecular weight is 701 g/mol. The molecule has 0 radical (unpaired) electrons. The Kier molecular flexibility index (Phi) is 9.20.